The van der Waals surface area contributed by atoms with Gasteiger partial charge in [0.15, 0.2) is 0 Å². The topological polar surface area (TPSA) is 96.0 Å². The SMILES string of the molecule is N#Cc1c(NS(=O)(=O)c2cccc(N)c2)sc2c1CCC2. The number of benzene rings is 1. The van der Waals surface area contributed by atoms with Gasteiger partial charge in [-0.3, -0.25) is 4.72 Å². The summed E-state index contributed by atoms with van der Waals surface area (Å²) in [6.45, 7) is 0. The molecule has 2 aromatic rings. The average molecular weight is 319 g/mol. The minimum Gasteiger partial charge on any atom is -0.399 e. The van der Waals surface area contributed by atoms with Gasteiger partial charge in [0.25, 0.3) is 10.0 Å². The standard InChI is InChI=1S/C14H13N3O2S2/c15-8-12-11-5-2-6-13(11)20-14(12)17-21(18,19)10-4-1-3-9(16)7-10/h1,3-4,7,17H,2,5-6,16H2. The molecule has 0 amide bonds. The summed E-state index contributed by atoms with van der Waals surface area (Å²) in [5.41, 5.74) is 7.45. The number of anilines is 2. The molecule has 0 saturated carbocycles. The van der Waals surface area contributed by atoms with E-state index in [0.29, 0.717) is 16.3 Å². The van der Waals surface area contributed by atoms with Crippen LogP contribution in [0.3, 0.4) is 0 Å². The second-order valence-corrected chi connectivity index (χ2v) is 7.64. The molecule has 0 atom stereocenters. The first-order chi connectivity index (χ1) is 10.0. The van der Waals surface area contributed by atoms with Crippen LogP contribution in [0, 0.1) is 11.3 Å². The van der Waals surface area contributed by atoms with Crippen LogP contribution < -0.4 is 10.5 Å². The van der Waals surface area contributed by atoms with Crippen LogP contribution in [0.5, 0.6) is 0 Å². The fourth-order valence-electron chi connectivity index (χ4n) is 2.46. The highest BCUT2D eigenvalue weighted by molar-refractivity contribution is 7.93. The van der Waals surface area contributed by atoms with Crippen molar-refractivity contribution in [3.8, 4) is 6.07 Å². The lowest BCUT2D eigenvalue weighted by atomic mass is 10.1. The van der Waals surface area contributed by atoms with Gasteiger partial charge in [-0.25, -0.2) is 8.42 Å². The molecule has 7 heteroatoms. The Bertz CT molecular complexity index is 848. The molecule has 0 fully saturated rings. The second kappa shape index (κ2) is 5.06. The minimum atomic E-state index is -3.73. The summed E-state index contributed by atoms with van der Waals surface area (Å²) in [6, 6.07) is 8.21. The number of nitrogens with one attached hydrogen (secondary N) is 1. The summed E-state index contributed by atoms with van der Waals surface area (Å²) < 4.78 is 27.3. The Labute approximate surface area is 127 Å². The van der Waals surface area contributed by atoms with Gasteiger partial charge in [0, 0.05) is 10.6 Å². The van der Waals surface area contributed by atoms with Crippen LogP contribution >= 0.6 is 11.3 Å². The highest BCUT2D eigenvalue weighted by Crippen LogP contribution is 2.39. The highest BCUT2D eigenvalue weighted by Gasteiger charge is 2.25. The number of nitrogen functional groups attached to an aromatic ring is 1. The van der Waals surface area contributed by atoms with Crippen LogP contribution in [0.1, 0.15) is 22.4 Å². The first kappa shape index (κ1) is 13.9. The highest BCUT2D eigenvalue weighted by atomic mass is 32.2. The van der Waals surface area contributed by atoms with Gasteiger partial charge in [0.05, 0.1) is 10.5 Å². The Morgan fingerprint density at radius 1 is 1.33 bits per heavy atom. The number of fused-ring (bicyclic) bond motifs is 1. The van der Waals surface area contributed by atoms with Gasteiger partial charge in [-0.15, -0.1) is 11.3 Å². The molecule has 21 heavy (non-hydrogen) atoms. The third-order valence-corrected chi connectivity index (χ3v) is 6.11. The van der Waals surface area contributed by atoms with Crippen molar-refractivity contribution in [1.82, 2.24) is 0 Å². The van der Waals surface area contributed by atoms with Crippen LogP contribution in [0.2, 0.25) is 0 Å². The molecule has 0 saturated heterocycles. The predicted octanol–water partition coefficient (Wildman–Crippen LogP) is 2.49. The summed E-state index contributed by atoms with van der Waals surface area (Å²) in [4.78, 5) is 1.21. The van der Waals surface area contributed by atoms with Crippen LogP contribution in [0.4, 0.5) is 10.7 Å². The summed E-state index contributed by atoms with van der Waals surface area (Å²) in [7, 11) is -3.73. The Kier molecular flexibility index (Phi) is 3.35. The monoisotopic (exact) mass is 319 g/mol. The van der Waals surface area contributed by atoms with E-state index in [2.05, 4.69) is 10.8 Å². The first-order valence-corrected chi connectivity index (χ1v) is 8.74. The Morgan fingerprint density at radius 3 is 2.86 bits per heavy atom. The van der Waals surface area contributed by atoms with E-state index in [4.69, 9.17) is 5.73 Å². The summed E-state index contributed by atoms with van der Waals surface area (Å²) in [5.74, 6) is 0. The second-order valence-electron chi connectivity index (χ2n) is 4.85. The van der Waals surface area contributed by atoms with E-state index in [1.807, 2.05) is 0 Å². The molecular formula is C14H13N3O2S2. The van der Waals surface area contributed by atoms with E-state index in [9.17, 15) is 13.7 Å². The molecule has 1 aliphatic carbocycles. The number of nitrogens with zero attached hydrogens (tertiary/aromatic N) is 1. The summed E-state index contributed by atoms with van der Waals surface area (Å²) in [6.07, 6.45) is 2.78. The number of nitrogens with two attached hydrogens (primary N) is 1. The van der Waals surface area contributed by atoms with Gasteiger partial charge in [-0.1, -0.05) is 6.07 Å². The molecule has 1 aliphatic rings. The quantitative estimate of drug-likeness (QED) is 0.850. The molecule has 0 aliphatic heterocycles. The number of thiophene rings is 1. The Hall–Kier alpha value is -2.04. The lowest BCUT2D eigenvalue weighted by Crippen LogP contribution is -2.13. The van der Waals surface area contributed by atoms with Gasteiger partial charge in [-0.2, -0.15) is 5.26 Å². The zero-order valence-electron chi connectivity index (χ0n) is 11.1. The molecule has 1 aromatic carbocycles. The van der Waals surface area contributed by atoms with E-state index in [1.54, 1.807) is 12.1 Å². The Morgan fingerprint density at radius 2 is 2.14 bits per heavy atom. The van der Waals surface area contributed by atoms with Crippen LogP contribution in [-0.4, -0.2) is 8.42 Å². The number of hydrogen-bond acceptors (Lipinski definition) is 5. The van der Waals surface area contributed by atoms with Crippen molar-refractivity contribution in [1.29, 1.82) is 5.26 Å². The molecule has 1 aromatic heterocycles. The zero-order valence-corrected chi connectivity index (χ0v) is 12.7. The lowest BCUT2D eigenvalue weighted by Gasteiger charge is -2.07. The average Bonchev–Trinajstić information content (AvgIpc) is 2.98. The van der Waals surface area contributed by atoms with Crippen LogP contribution in [0.15, 0.2) is 29.2 Å². The van der Waals surface area contributed by atoms with E-state index in [-0.39, 0.29) is 4.90 Å². The number of hydrogen-bond donors (Lipinski definition) is 2. The molecule has 3 N–H and O–H groups in total. The fraction of sp³-hybridized carbons (Fsp3) is 0.214. The number of rotatable bonds is 3. The molecule has 1 heterocycles. The van der Waals surface area contributed by atoms with Gasteiger partial charge < -0.3 is 5.73 Å². The molecule has 0 unspecified atom stereocenters. The normalized spacial score (nSPS) is 13.7. The van der Waals surface area contributed by atoms with Gasteiger partial charge in [0.1, 0.15) is 11.1 Å². The molecule has 108 valence electrons. The minimum absolute atomic E-state index is 0.0972. The number of aryl methyl sites for hydroxylation is 1. The van der Waals surface area contributed by atoms with Gasteiger partial charge >= 0.3 is 0 Å². The maximum absolute atomic E-state index is 12.4. The third-order valence-electron chi connectivity index (χ3n) is 3.43. The first-order valence-electron chi connectivity index (χ1n) is 6.44. The molecule has 3 rings (SSSR count). The Balaban J connectivity index is 1.99. The molecule has 5 nitrogen and oxygen atoms in total. The van der Waals surface area contributed by atoms with Gasteiger partial charge in [0.2, 0.25) is 0 Å². The zero-order chi connectivity index (χ0) is 15.0. The van der Waals surface area contributed by atoms with E-state index >= 15 is 0 Å². The molecule has 0 bridgehead atoms. The number of nitriles is 1. The van der Waals surface area contributed by atoms with Gasteiger partial charge in [-0.05, 0) is 43.0 Å². The summed E-state index contributed by atoms with van der Waals surface area (Å²) >= 11 is 1.35. The van der Waals surface area contributed by atoms with Crippen molar-refractivity contribution in [3.63, 3.8) is 0 Å². The maximum Gasteiger partial charge on any atom is 0.262 e. The van der Waals surface area contributed by atoms with Crippen LogP contribution in [-0.2, 0) is 22.9 Å². The van der Waals surface area contributed by atoms with Crippen molar-refractivity contribution < 1.29 is 8.42 Å². The predicted molar refractivity (Wildman–Crippen MR) is 82.7 cm³/mol. The van der Waals surface area contributed by atoms with E-state index in [0.717, 1.165) is 29.7 Å². The fourth-order valence-corrected chi connectivity index (χ4v) is 5.06. The van der Waals surface area contributed by atoms with Crippen molar-refractivity contribution in [2.45, 2.75) is 24.2 Å². The van der Waals surface area contributed by atoms with Crippen molar-refractivity contribution in [2.75, 3.05) is 10.5 Å². The lowest BCUT2D eigenvalue weighted by molar-refractivity contribution is 0.601. The largest absolute Gasteiger partial charge is 0.399 e. The van der Waals surface area contributed by atoms with Crippen molar-refractivity contribution >= 4 is 32.0 Å². The molecule has 0 radical (unpaired) electrons. The molecule has 0 spiro atoms. The maximum atomic E-state index is 12.4. The number of sulfonamides is 1. The van der Waals surface area contributed by atoms with Crippen LogP contribution in [0.25, 0.3) is 0 Å². The van der Waals surface area contributed by atoms with E-state index in [1.165, 1.54) is 23.5 Å². The molecular weight excluding hydrogens is 306 g/mol. The van der Waals surface area contributed by atoms with E-state index < -0.39 is 10.0 Å². The van der Waals surface area contributed by atoms with Crippen molar-refractivity contribution in [2.24, 2.45) is 0 Å². The summed E-state index contributed by atoms with van der Waals surface area (Å²) in [5, 5.41) is 9.69. The third kappa shape index (κ3) is 2.48. The smallest absolute Gasteiger partial charge is 0.262 e. The van der Waals surface area contributed by atoms with Crippen molar-refractivity contribution in [3.05, 3.63) is 40.3 Å².